The van der Waals surface area contributed by atoms with E-state index in [4.69, 9.17) is 5.73 Å². The minimum atomic E-state index is -0.295. The van der Waals surface area contributed by atoms with Crippen LogP contribution in [0.1, 0.15) is 40.7 Å². The zero-order valence-corrected chi connectivity index (χ0v) is 17.7. The molecule has 3 aromatic rings. The zero-order chi connectivity index (χ0) is 19.8. The number of hydrogen-bond donors (Lipinski definition) is 4. The molecule has 9 heteroatoms. The SMILES string of the molecule is Cl.NCCCCCNCc1ccc(CNC(=O)c2csc3nc[nH]c(=O)c23)cc1. The van der Waals surface area contributed by atoms with Gasteiger partial charge in [0.2, 0.25) is 0 Å². The summed E-state index contributed by atoms with van der Waals surface area (Å²) in [6, 6.07) is 8.13. The lowest BCUT2D eigenvalue weighted by Gasteiger charge is -2.07. The van der Waals surface area contributed by atoms with Crippen LogP contribution in [0.15, 0.2) is 40.8 Å². The molecule has 0 spiro atoms. The Hall–Kier alpha value is -2.26. The predicted octanol–water partition coefficient (Wildman–Crippen LogP) is 2.56. The third kappa shape index (κ3) is 6.37. The molecule has 1 amide bonds. The average molecular weight is 436 g/mol. The molecule has 5 N–H and O–H groups in total. The molecule has 0 aliphatic rings. The number of hydrogen-bond acceptors (Lipinski definition) is 6. The van der Waals surface area contributed by atoms with Crippen molar-refractivity contribution in [1.82, 2.24) is 20.6 Å². The molecule has 2 heterocycles. The second-order valence-electron chi connectivity index (χ2n) is 6.59. The van der Waals surface area contributed by atoms with Gasteiger partial charge in [0.1, 0.15) is 4.83 Å². The summed E-state index contributed by atoms with van der Waals surface area (Å²) in [6.45, 7) is 2.97. The zero-order valence-electron chi connectivity index (χ0n) is 16.1. The van der Waals surface area contributed by atoms with Crippen molar-refractivity contribution in [2.75, 3.05) is 13.1 Å². The van der Waals surface area contributed by atoms with Gasteiger partial charge in [-0.1, -0.05) is 30.7 Å². The number of H-pyrrole nitrogens is 1. The van der Waals surface area contributed by atoms with Crippen molar-refractivity contribution >= 4 is 39.9 Å². The Morgan fingerprint density at radius 2 is 1.83 bits per heavy atom. The number of carbonyl (C=O) groups excluding carboxylic acids is 1. The Balaban J connectivity index is 0.00000300. The molecule has 0 saturated heterocycles. The van der Waals surface area contributed by atoms with Crippen LogP contribution in [0.4, 0.5) is 0 Å². The number of unbranched alkanes of at least 4 members (excludes halogenated alkanes) is 2. The monoisotopic (exact) mass is 435 g/mol. The number of carbonyl (C=O) groups is 1. The number of rotatable bonds is 10. The fourth-order valence-corrected chi connectivity index (χ4v) is 3.80. The fourth-order valence-electron chi connectivity index (χ4n) is 2.91. The Morgan fingerprint density at radius 3 is 2.55 bits per heavy atom. The van der Waals surface area contributed by atoms with E-state index in [1.165, 1.54) is 23.2 Å². The van der Waals surface area contributed by atoms with Gasteiger partial charge < -0.3 is 21.4 Å². The molecule has 7 nitrogen and oxygen atoms in total. The largest absolute Gasteiger partial charge is 0.348 e. The lowest BCUT2D eigenvalue weighted by molar-refractivity contribution is 0.0953. The van der Waals surface area contributed by atoms with E-state index < -0.39 is 0 Å². The first-order valence-corrected chi connectivity index (χ1v) is 10.3. The Morgan fingerprint density at radius 1 is 1.10 bits per heavy atom. The maximum Gasteiger partial charge on any atom is 0.260 e. The Bertz CT molecular complexity index is 971. The number of fused-ring (bicyclic) bond motifs is 1. The van der Waals surface area contributed by atoms with Crippen molar-refractivity contribution in [2.45, 2.75) is 32.4 Å². The standard InChI is InChI=1S/C20H25N5O2S.ClH/c21-8-2-1-3-9-22-10-14-4-6-15(7-5-14)11-23-18(26)16-12-28-20-17(16)19(27)24-13-25-20;/h4-7,12-13,22H,1-3,8-11,21H2,(H,23,26)(H,24,25,27);1H. The van der Waals surface area contributed by atoms with Crippen LogP contribution in [-0.4, -0.2) is 29.0 Å². The van der Waals surface area contributed by atoms with Gasteiger partial charge in [0.15, 0.2) is 0 Å². The molecule has 0 unspecified atom stereocenters. The number of nitrogens with one attached hydrogen (secondary N) is 3. The summed E-state index contributed by atoms with van der Waals surface area (Å²) in [5.74, 6) is -0.270. The second kappa shape index (κ2) is 11.7. The lowest BCUT2D eigenvalue weighted by Crippen LogP contribution is -2.24. The minimum absolute atomic E-state index is 0. The summed E-state index contributed by atoms with van der Waals surface area (Å²) in [7, 11) is 0. The van der Waals surface area contributed by atoms with Crippen LogP contribution in [0, 0.1) is 0 Å². The molecule has 0 atom stereocenters. The molecule has 3 rings (SSSR count). The third-order valence-corrected chi connectivity index (χ3v) is 5.37. The highest BCUT2D eigenvalue weighted by atomic mass is 35.5. The van der Waals surface area contributed by atoms with Crippen molar-refractivity contribution < 1.29 is 4.79 Å². The molecule has 0 aliphatic heterocycles. The van der Waals surface area contributed by atoms with E-state index in [0.717, 1.165) is 44.5 Å². The number of thiophene rings is 1. The van der Waals surface area contributed by atoms with Gasteiger partial charge in [-0.2, -0.15) is 0 Å². The molecular weight excluding hydrogens is 410 g/mol. The molecule has 0 aliphatic carbocycles. The van der Waals surface area contributed by atoms with Gasteiger partial charge in [0.05, 0.1) is 17.3 Å². The maximum absolute atomic E-state index is 12.5. The normalized spacial score (nSPS) is 10.7. The van der Waals surface area contributed by atoms with E-state index in [1.807, 2.05) is 12.1 Å². The highest BCUT2D eigenvalue weighted by Gasteiger charge is 2.15. The van der Waals surface area contributed by atoms with Crippen molar-refractivity contribution in [3.8, 4) is 0 Å². The van der Waals surface area contributed by atoms with Crippen LogP contribution in [0.5, 0.6) is 0 Å². The summed E-state index contributed by atoms with van der Waals surface area (Å²) >= 11 is 1.29. The Labute approximate surface area is 179 Å². The van der Waals surface area contributed by atoms with E-state index >= 15 is 0 Å². The summed E-state index contributed by atoms with van der Waals surface area (Å²) in [6.07, 6.45) is 4.72. The van der Waals surface area contributed by atoms with Crippen LogP contribution in [-0.2, 0) is 13.1 Å². The van der Waals surface area contributed by atoms with Crippen molar-refractivity contribution in [3.05, 3.63) is 63.0 Å². The number of benzene rings is 1. The molecule has 1 aromatic carbocycles. The molecule has 0 saturated carbocycles. The second-order valence-corrected chi connectivity index (χ2v) is 7.44. The van der Waals surface area contributed by atoms with Crippen LogP contribution in [0.25, 0.3) is 10.2 Å². The average Bonchev–Trinajstić information content (AvgIpc) is 3.15. The van der Waals surface area contributed by atoms with Gasteiger partial charge in [-0.25, -0.2) is 4.98 Å². The first-order valence-electron chi connectivity index (χ1n) is 9.40. The first-order chi connectivity index (χ1) is 13.7. The molecule has 156 valence electrons. The topological polar surface area (TPSA) is 113 Å². The van der Waals surface area contributed by atoms with Crippen LogP contribution in [0.2, 0.25) is 0 Å². The number of halogens is 1. The van der Waals surface area contributed by atoms with Crippen molar-refractivity contribution in [3.63, 3.8) is 0 Å². The molecule has 2 aromatic heterocycles. The Kier molecular flexibility index (Phi) is 9.27. The molecule has 0 bridgehead atoms. The third-order valence-electron chi connectivity index (χ3n) is 4.48. The highest BCUT2D eigenvalue weighted by molar-refractivity contribution is 7.17. The molecule has 0 fully saturated rings. The summed E-state index contributed by atoms with van der Waals surface area (Å²) in [4.78, 5) is 31.6. The quantitative estimate of drug-likeness (QED) is 0.365. The van der Waals surface area contributed by atoms with E-state index in [9.17, 15) is 9.59 Å². The van der Waals surface area contributed by atoms with Gasteiger partial charge in [0, 0.05) is 18.5 Å². The smallest absolute Gasteiger partial charge is 0.260 e. The van der Waals surface area contributed by atoms with E-state index in [2.05, 4.69) is 32.7 Å². The van der Waals surface area contributed by atoms with Gasteiger partial charge in [-0.3, -0.25) is 9.59 Å². The number of nitrogens with two attached hydrogens (primary N) is 1. The summed E-state index contributed by atoms with van der Waals surface area (Å²) < 4.78 is 0. The molecular formula is C20H26ClN5O2S. The summed E-state index contributed by atoms with van der Waals surface area (Å²) in [5, 5.41) is 8.31. The van der Waals surface area contributed by atoms with Gasteiger partial charge in [-0.05, 0) is 37.1 Å². The van der Waals surface area contributed by atoms with Crippen molar-refractivity contribution in [1.29, 1.82) is 0 Å². The van der Waals surface area contributed by atoms with E-state index in [1.54, 1.807) is 5.38 Å². The number of aromatic amines is 1. The molecule has 0 radical (unpaired) electrons. The highest BCUT2D eigenvalue weighted by Crippen LogP contribution is 2.20. The van der Waals surface area contributed by atoms with E-state index in [0.29, 0.717) is 22.3 Å². The maximum atomic E-state index is 12.5. The van der Waals surface area contributed by atoms with Crippen LogP contribution >= 0.6 is 23.7 Å². The number of amides is 1. The lowest BCUT2D eigenvalue weighted by atomic mass is 10.1. The predicted molar refractivity (Wildman–Crippen MR) is 120 cm³/mol. The van der Waals surface area contributed by atoms with Crippen LogP contribution < -0.4 is 21.9 Å². The van der Waals surface area contributed by atoms with E-state index in [-0.39, 0.29) is 23.9 Å². The van der Waals surface area contributed by atoms with Crippen LogP contribution in [0.3, 0.4) is 0 Å². The first kappa shape index (κ1) is 23.0. The molecule has 29 heavy (non-hydrogen) atoms. The fraction of sp³-hybridized carbons (Fsp3) is 0.350. The minimum Gasteiger partial charge on any atom is -0.348 e. The van der Waals surface area contributed by atoms with Gasteiger partial charge in [-0.15, -0.1) is 23.7 Å². The van der Waals surface area contributed by atoms with Crippen molar-refractivity contribution in [2.24, 2.45) is 5.73 Å². The van der Waals surface area contributed by atoms with Gasteiger partial charge >= 0.3 is 0 Å². The number of nitrogens with zero attached hydrogens (tertiary/aromatic N) is 1. The van der Waals surface area contributed by atoms with Gasteiger partial charge in [0.25, 0.3) is 11.5 Å². The summed E-state index contributed by atoms with van der Waals surface area (Å²) in [5.41, 5.74) is 7.77. The number of aromatic nitrogens is 2.